The van der Waals surface area contributed by atoms with Crippen molar-refractivity contribution in [2.24, 2.45) is 0 Å². The SMILES string of the molecule is CC(C)(C)OC(=O)N1CCCC1C(=O)Nc1cc(F)c(F)cc1F. The third kappa shape index (κ3) is 4.18. The summed E-state index contributed by atoms with van der Waals surface area (Å²) in [5.41, 5.74) is -1.19. The van der Waals surface area contributed by atoms with Crippen LogP contribution in [0.25, 0.3) is 0 Å². The molecule has 2 amide bonds. The molecule has 0 aliphatic carbocycles. The number of amides is 2. The predicted octanol–water partition coefficient (Wildman–Crippen LogP) is 3.44. The van der Waals surface area contributed by atoms with Gasteiger partial charge in [-0.1, -0.05) is 0 Å². The van der Waals surface area contributed by atoms with Crippen LogP contribution in [0.15, 0.2) is 12.1 Å². The number of hydrogen-bond acceptors (Lipinski definition) is 3. The lowest BCUT2D eigenvalue weighted by atomic mass is 10.2. The second kappa shape index (κ2) is 6.70. The number of rotatable bonds is 2. The van der Waals surface area contributed by atoms with E-state index in [1.54, 1.807) is 20.8 Å². The van der Waals surface area contributed by atoms with Crippen LogP contribution < -0.4 is 5.32 Å². The average molecular weight is 344 g/mol. The first-order valence-electron chi connectivity index (χ1n) is 7.53. The van der Waals surface area contributed by atoms with Crippen molar-refractivity contribution in [3.8, 4) is 0 Å². The van der Waals surface area contributed by atoms with Gasteiger partial charge in [-0.05, 0) is 33.6 Å². The zero-order valence-electron chi connectivity index (χ0n) is 13.7. The van der Waals surface area contributed by atoms with E-state index in [9.17, 15) is 22.8 Å². The van der Waals surface area contributed by atoms with Crippen LogP contribution in [0.5, 0.6) is 0 Å². The molecule has 1 unspecified atom stereocenters. The van der Waals surface area contributed by atoms with Crippen molar-refractivity contribution >= 4 is 17.7 Å². The van der Waals surface area contributed by atoms with Gasteiger partial charge in [0.1, 0.15) is 17.5 Å². The summed E-state index contributed by atoms with van der Waals surface area (Å²) < 4.78 is 45.0. The second-order valence-corrected chi connectivity index (χ2v) is 6.57. The van der Waals surface area contributed by atoms with Crippen molar-refractivity contribution in [2.75, 3.05) is 11.9 Å². The summed E-state index contributed by atoms with van der Waals surface area (Å²) >= 11 is 0. The Morgan fingerprint density at radius 3 is 2.42 bits per heavy atom. The molecule has 1 aliphatic heterocycles. The number of likely N-dealkylation sites (tertiary alicyclic amines) is 1. The van der Waals surface area contributed by atoms with Crippen LogP contribution in [0.4, 0.5) is 23.7 Å². The average Bonchev–Trinajstić information content (AvgIpc) is 2.92. The van der Waals surface area contributed by atoms with Crippen LogP contribution in [0.1, 0.15) is 33.6 Å². The third-order valence-electron chi connectivity index (χ3n) is 3.45. The standard InChI is InChI=1S/C16H19F3N2O3/c1-16(2,3)24-15(23)21-6-4-5-13(21)14(22)20-12-8-10(18)9(17)7-11(12)19/h7-8,13H,4-6H2,1-3H3,(H,20,22). The summed E-state index contributed by atoms with van der Waals surface area (Å²) in [6, 6.07) is 0.0629. The molecule has 1 aliphatic rings. The first-order chi connectivity index (χ1) is 11.1. The summed E-state index contributed by atoms with van der Waals surface area (Å²) in [6.45, 7) is 5.43. The molecule has 0 radical (unpaired) electrons. The first-order valence-corrected chi connectivity index (χ1v) is 7.53. The molecule has 132 valence electrons. The van der Waals surface area contributed by atoms with E-state index in [4.69, 9.17) is 4.74 Å². The minimum atomic E-state index is -1.35. The molecule has 1 N–H and O–H groups in total. The molecule has 0 saturated carbocycles. The molecular weight excluding hydrogens is 325 g/mol. The highest BCUT2D eigenvalue weighted by Crippen LogP contribution is 2.24. The van der Waals surface area contributed by atoms with Crippen molar-refractivity contribution in [3.05, 3.63) is 29.6 Å². The molecule has 0 aromatic heterocycles. The van der Waals surface area contributed by atoms with Crippen molar-refractivity contribution in [2.45, 2.75) is 45.3 Å². The number of ether oxygens (including phenoxy) is 1. The van der Waals surface area contributed by atoms with Crippen LogP contribution in [0.2, 0.25) is 0 Å². The maximum Gasteiger partial charge on any atom is 0.410 e. The fourth-order valence-electron chi connectivity index (χ4n) is 2.41. The van der Waals surface area contributed by atoms with Crippen LogP contribution >= 0.6 is 0 Å². The Morgan fingerprint density at radius 2 is 1.79 bits per heavy atom. The van der Waals surface area contributed by atoms with Crippen LogP contribution in [0, 0.1) is 17.5 Å². The number of carbonyl (C=O) groups is 2. The molecule has 5 nitrogen and oxygen atoms in total. The van der Waals surface area contributed by atoms with Crippen LogP contribution in [0.3, 0.4) is 0 Å². The monoisotopic (exact) mass is 344 g/mol. The number of hydrogen-bond donors (Lipinski definition) is 1. The number of benzene rings is 1. The Kier molecular flexibility index (Phi) is 5.05. The maximum atomic E-state index is 13.6. The highest BCUT2D eigenvalue weighted by Gasteiger charge is 2.36. The van der Waals surface area contributed by atoms with E-state index in [2.05, 4.69) is 5.32 Å². The van der Waals surface area contributed by atoms with Gasteiger partial charge < -0.3 is 10.1 Å². The fourth-order valence-corrected chi connectivity index (χ4v) is 2.41. The molecule has 8 heteroatoms. The predicted molar refractivity (Wildman–Crippen MR) is 80.9 cm³/mol. The molecule has 1 atom stereocenters. The molecule has 1 aromatic carbocycles. The number of nitrogens with one attached hydrogen (secondary N) is 1. The Labute approximate surface area is 137 Å². The van der Waals surface area contributed by atoms with Gasteiger partial charge in [0, 0.05) is 18.7 Å². The smallest absolute Gasteiger partial charge is 0.410 e. The second-order valence-electron chi connectivity index (χ2n) is 6.57. The Bertz CT molecular complexity index is 659. The van der Waals surface area contributed by atoms with Gasteiger partial charge >= 0.3 is 6.09 Å². The Morgan fingerprint density at radius 1 is 1.17 bits per heavy atom. The fraction of sp³-hybridized carbons (Fsp3) is 0.500. The normalized spacial score (nSPS) is 17.8. The summed E-state index contributed by atoms with van der Waals surface area (Å²) in [4.78, 5) is 25.7. The minimum absolute atomic E-state index is 0.327. The van der Waals surface area contributed by atoms with Gasteiger partial charge in [0.05, 0.1) is 5.69 Å². The highest BCUT2D eigenvalue weighted by atomic mass is 19.2. The molecule has 24 heavy (non-hydrogen) atoms. The molecule has 1 aromatic rings. The van der Waals surface area contributed by atoms with Crippen molar-refractivity contribution in [1.82, 2.24) is 4.90 Å². The van der Waals surface area contributed by atoms with E-state index < -0.39 is 46.8 Å². The lowest BCUT2D eigenvalue weighted by Gasteiger charge is -2.28. The summed E-state index contributed by atoms with van der Waals surface area (Å²) in [5.74, 6) is -4.39. The number of anilines is 1. The van der Waals surface area contributed by atoms with E-state index >= 15 is 0 Å². The Hall–Kier alpha value is -2.25. The molecule has 0 spiro atoms. The van der Waals surface area contributed by atoms with Crippen molar-refractivity contribution in [1.29, 1.82) is 0 Å². The van der Waals surface area contributed by atoms with Gasteiger partial charge in [-0.2, -0.15) is 0 Å². The van der Waals surface area contributed by atoms with E-state index in [-0.39, 0.29) is 0 Å². The van der Waals surface area contributed by atoms with Crippen LogP contribution in [-0.4, -0.2) is 35.1 Å². The molecule has 1 saturated heterocycles. The van der Waals surface area contributed by atoms with Crippen molar-refractivity contribution < 1.29 is 27.5 Å². The lowest BCUT2D eigenvalue weighted by molar-refractivity contribution is -0.120. The zero-order chi connectivity index (χ0) is 18.1. The van der Waals surface area contributed by atoms with E-state index in [0.29, 0.717) is 31.5 Å². The Balaban J connectivity index is 2.11. The first kappa shape index (κ1) is 18.1. The highest BCUT2D eigenvalue weighted by molar-refractivity contribution is 5.97. The van der Waals surface area contributed by atoms with Gasteiger partial charge in [-0.15, -0.1) is 0 Å². The van der Waals surface area contributed by atoms with Gasteiger partial charge in [0.25, 0.3) is 0 Å². The van der Waals surface area contributed by atoms with E-state index in [0.717, 1.165) is 0 Å². The van der Waals surface area contributed by atoms with E-state index in [1.807, 2.05) is 0 Å². The molecule has 1 fully saturated rings. The molecule has 1 heterocycles. The molecular formula is C16H19F3N2O3. The van der Waals surface area contributed by atoms with Gasteiger partial charge in [0.15, 0.2) is 11.6 Å². The summed E-state index contributed by atoms with van der Waals surface area (Å²) in [7, 11) is 0. The van der Waals surface area contributed by atoms with Crippen molar-refractivity contribution in [3.63, 3.8) is 0 Å². The van der Waals surface area contributed by atoms with Crippen LogP contribution in [-0.2, 0) is 9.53 Å². The summed E-state index contributed by atoms with van der Waals surface area (Å²) in [6.07, 6.45) is 0.305. The summed E-state index contributed by atoms with van der Waals surface area (Å²) in [5, 5.41) is 2.20. The third-order valence-corrected chi connectivity index (χ3v) is 3.45. The van der Waals surface area contributed by atoms with Gasteiger partial charge in [-0.25, -0.2) is 18.0 Å². The largest absolute Gasteiger partial charge is 0.444 e. The quantitative estimate of drug-likeness (QED) is 0.836. The number of nitrogens with zero attached hydrogens (tertiary/aromatic N) is 1. The topological polar surface area (TPSA) is 58.6 Å². The minimum Gasteiger partial charge on any atom is -0.444 e. The van der Waals surface area contributed by atoms with E-state index in [1.165, 1.54) is 4.90 Å². The van der Waals surface area contributed by atoms with Gasteiger partial charge in [0.2, 0.25) is 5.91 Å². The number of halogens is 3. The maximum absolute atomic E-state index is 13.6. The van der Waals surface area contributed by atoms with Gasteiger partial charge in [-0.3, -0.25) is 9.69 Å². The molecule has 2 rings (SSSR count). The lowest BCUT2D eigenvalue weighted by Crippen LogP contribution is -2.45. The molecule has 0 bridgehead atoms. The number of carbonyl (C=O) groups excluding carboxylic acids is 2. The zero-order valence-corrected chi connectivity index (χ0v) is 13.7.